The molecule has 0 bridgehead atoms. The molecular formula is C18H24N4O3. The monoisotopic (exact) mass is 344 g/mol. The Hall–Kier alpha value is -2.54. The second-order valence-electron chi connectivity index (χ2n) is 6.30. The molecule has 2 atom stereocenters. The number of hydrogen-bond donors (Lipinski definition) is 2. The van der Waals surface area contributed by atoms with Gasteiger partial charge >= 0.3 is 6.03 Å². The molecule has 25 heavy (non-hydrogen) atoms. The van der Waals surface area contributed by atoms with Crippen LogP contribution in [0.1, 0.15) is 25.2 Å². The number of furan rings is 1. The van der Waals surface area contributed by atoms with Crippen molar-refractivity contribution in [1.82, 2.24) is 15.6 Å². The van der Waals surface area contributed by atoms with Crippen molar-refractivity contribution in [3.63, 3.8) is 0 Å². The fourth-order valence-corrected chi connectivity index (χ4v) is 2.90. The molecule has 0 saturated carbocycles. The molecule has 2 N–H and O–H groups in total. The van der Waals surface area contributed by atoms with Crippen LogP contribution in [0.25, 0.3) is 0 Å². The number of hydrogen-bond acceptors (Lipinski definition) is 5. The molecule has 1 fully saturated rings. The first-order valence-electron chi connectivity index (χ1n) is 8.49. The van der Waals surface area contributed by atoms with E-state index < -0.39 is 0 Å². The highest BCUT2D eigenvalue weighted by Crippen LogP contribution is 2.18. The molecule has 2 amide bonds. The maximum absolute atomic E-state index is 11.8. The van der Waals surface area contributed by atoms with Crippen LogP contribution < -0.4 is 15.5 Å². The smallest absolute Gasteiger partial charge is 0.315 e. The summed E-state index contributed by atoms with van der Waals surface area (Å²) < 4.78 is 10.9. The van der Waals surface area contributed by atoms with Crippen molar-refractivity contribution in [2.24, 2.45) is 0 Å². The van der Waals surface area contributed by atoms with Gasteiger partial charge in [0.1, 0.15) is 11.6 Å². The number of aromatic nitrogens is 1. The number of nitrogens with one attached hydrogen (secondary N) is 2. The molecule has 7 nitrogen and oxygen atoms in total. The summed E-state index contributed by atoms with van der Waals surface area (Å²) in [6.07, 6.45) is 3.78. The highest BCUT2D eigenvalue weighted by molar-refractivity contribution is 5.73. The van der Waals surface area contributed by atoms with Gasteiger partial charge < -0.3 is 24.7 Å². The molecule has 0 spiro atoms. The number of amides is 2. The van der Waals surface area contributed by atoms with Gasteiger partial charge in [-0.3, -0.25) is 0 Å². The van der Waals surface area contributed by atoms with Crippen molar-refractivity contribution in [3.8, 4) is 0 Å². The van der Waals surface area contributed by atoms with Gasteiger partial charge in [0, 0.05) is 25.8 Å². The third kappa shape index (κ3) is 4.96. The van der Waals surface area contributed by atoms with Crippen molar-refractivity contribution in [3.05, 3.63) is 48.0 Å². The van der Waals surface area contributed by atoms with Crippen LogP contribution >= 0.6 is 0 Å². The number of rotatable bonds is 5. The van der Waals surface area contributed by atoms with Crippen LogP contribution in [0.2, 0.25) is 0 Å². The Morgan fingerprint density at radius 1 is 1.20 bits per heavy atom. The van der Waals surface area contributed by atoms with Crippen molar-refractivity contribution in [2.45, 2.75) is 39.1 Å². The zero-order valence-electron chi connectivity index (χ0n) is 14.6. The molecule has 1 aliphatic rings. The SMILES string of the molecule is C[C@H]1CN(c2ccc(CNC(=O)NCc3ccco3)cn2)C[C@H](C)O1. The van der Waals surface area contributed by atoms with Crippen molar-refractivity contribution in [1.29, 1.82) is 0 Å². The van der Waals surface area contributed by atoms with Gasteiger partial charge in [-0.05, 0) is 37.6 Å². The van der Waals surface area contributed by atoms with Crippen molar-refractivity contribution >= 4 is 11.8 Å². The Kier molecular flexibility index (Phi) is 5.55. The fourth-order valence-electron chi connectivity index (χ4n) is 2.90. The van der Waals surface area contributed by atoms with E-state index in [1.165, 1.54) is 0 Å². The van der Waals surface area contributed by atoms with Crippen LogP contribution in [0.5, 0.6) is 0 Å². The van der Waals surface area contributed by atoms with Gasteiger partial charge in [0.25, 0.3) is 0 Å². The lowest BCUT2D eigenvalue weighted by Crippen LogP contribution is -2.45. The van der Waals surface area contributed by atoms with Crippen LogP contribution in [-0.4, -0.2) is 36.3 Å². The Bertz CT molecular complexity index is 662. The Balaban J connectivity index is 1.46. The van der Waals surface area contributed by atoms with E-state index in [2.05, 4.69) is 34.4 Å². The predicted octanol–water partition coefficient (Wildman–Crippen LogP) is 2.29. The summed E-state index contributed by atoms with van der Waals surface area (Å²) in [5.41, 5.74) is 0.950. The molecule has 2 aromatic rings. The quantitative estimate of drug-likeness (QED) is 0.870. The second-order valence-corrected chi connectivity index (χ2v) is 6.30. The Morgan fingerprint density at radius 2 is 1.96 bits per heavy atom. The van der Waals surface area contributed by atoms with E-state index in [-0.39, 0.29) is 18.2 Å². The number of pyridine rings is 1. The molecule has 0 unspecified atom stereocenters. The molecule has 1 aliphatic heterocycles. The number of carbonyl (C=O) groups is 1. The maximum atomic E-state index is 11.8. The lowest BCUT2D eigenvalue weighted by atomic mass is 10.2. The minimum absolute atomic E-state index is 0.199. The highest BCUT2D eigenvalue weighted by Gasteiger charge is 2.22. The first-order valence-corrected chi connectivity index (χ1v) is 8.49. The third-order valence-corrected chi connectivity index (χ3v) is 4.01. The van der Waals surface area contributed by atoms with Crippen LogP contribution in [0, 0.1) is 0 Å². The zero-order chi connectivity index (χ0) is 17.6. The summed E-state index contributed by atoms with van der Waals surface area (Å²) in [6, 6.07) is 7.34. The first kappa shape index (κ1) is 17.3. The van der Waals surface area contributed by atoms with Crippen LogP contribution in [0.3, 0.4) is 0 Å². The minimum Gasteiger partial charge on any atom is -0.467 e. The van der Waals surface area contributed by atoms with Gasteiger partial charge in [0.05, 0.1) is 25.0 Å². The summed E-state index contributed by atoms with van der Waals surface area (Å²) in [5.74, 6) is 1.66. The highest BCUT2D eigenvalue weighted by atomic mass is 16.5. The fraction of sp³-hybridized carbons (Fsp3) is 0.444. The van der Waals surface area contributed by atoms with Crippen LogP contribution in [0.4, 0.5) is 10.6 Å². The minimum atomic E-state index is -0.240. The third-order valence-electron chi connectivity index (χ3n) is 4.01. The molecule has 7 heteroatoms. The number of urea groups is 1. The van der Waals surface area contributed by atoms with E-state index in [0.29, 0.717) is 13.1 Å². The summed E-state index contributed by atoms with van der Waals surface area (Å²) >= 11 is 0. The van der Waals surface area contributed by atoms with Gasteiger partial charge in [0.15, 0.2) is 0 Å². The summed E-state index contributed by atoms with van der Waals surface area (Å²) in [6.45, 7) is 6.61. The van der Waals surface area contributed by atoms with Gasteiger partial charge in [-0.15, -0.1) is 0 Å². The summed E-state index contributed by atoms with van der Waals surface area (Å²) in [4.78, 5) is 18.5. The number of ether oxygens (including phenoxy) is 1. The Morgan fingerprint density at radius 3 is 2.60 bits per heavy atom. The predicted molar refractivity (Wildman–Crippen MR) is 94.2 cm³/mol. The number of carbonyl (C=O) groups excluding carboxylic acids is 1. The standard InChI is InChI=1S/C18H24N4O3/c1-13-11-22(12-14(2)25-13)17-6-5-15(8-19-17)9-20-18(23)21-10-16-4-3-7-24-16/h3-8,13-14H,9-12H2,1-2H3,(H2,20,21,23)/t13-,14-/m0/s1. The number of anilines is 1. The molecule has 3 heterocycles. The summed E-state index contributed by atoms with van der Waals surface area (Å²) in [5, 5.41) is 5.55. The van der Waals surface area contributed by atoms with E-state index in [1.54, 1.807) is 18.5 Å². The van der Waals surface area contributed by atoms with Gasteiger partial charge in [-0.2, -0.15) is 0 Å². The van der Waals surface area contributed by atoms with Crippen LogP contribution in [-0.2, 0) is 17.8 Å². The Labute approximate surface area is 147 Å². The first-order chi connectivity index (χ1) is 12.1. The average molecular weight is 344 g/mol. The molecule has 1 saturated heterocycles. The second kappa shape index (κ2) is 8.02. The van der Waals surface area contributed by atoms with E-state index >= 15 is 0 Å². The zero-order valence-corrected chi connectivity index (χ0v) is 14.6. The van der Waals surface area contributed by atoms with Gasteiger partial charge in [-0.1, -0.05) is 6.07 Å². The lowest BCUT2D eigenvalue weighted by Gasteiger charge is -2.36. The normalized spacial score (nSPS) is 20.3. The maximum Gasteiger partial charge on any atom is 0.315 e. The average Bonchev–Trinajstić information content (AvgIpc) is 3.11. The molecular weight excluding hydrogens is 320 g/mol. The van der Waals surface area contributed by atoms with Crippen molar-refractivity contribution < 1.29 is 13.9 Å². The topological polar surface area (TPSA) is 79.6 Å². The molecule has 0 aliphatic carbocycles. The van der Waals surface area contributed by atoms with E-state index in [1.807, 2.05) is 18.2 Å². The molecule has 3 rings (SSSR count). The van der Waals surface area contributed by atoms with E-state index in [0.717, 1.165) is 30.2 Å². The van der Waals surface area contributed by atoms with Gasteiger partial charge in [-0.25, -0.2) is 9.78 Å². The number of morpholine rings is 1. The van der Waals surface area contributed by atoms with E-state index in [4.69, 9.17) is 9.15 Å². The largest absolute Gasteiger partial charge is 0.467 e. The number of nitrogens with zero attached hydrogens (tertiary/aromatic N) is 2. The summed E-state index contributed by atoms with van der Waals surface area (Å²) in [7, 11) is 0. The molecule has 2 aromatic heterocycles. The molecule has 0 aromatic carbocycles. The van der Waals surface area contributed by atoms with Gasteiger partial charge in [0.2, 0.25) is 0 Å². The van der Waals surface area contributed by atoms with E-state index in [9.17, 15) is 4.79 Å². The molecule has 134 valence electrons. The molecule has 0 radical (unpaired) electrons. The van der Waals surface area contributed by atoms with Crippen LogP contribution in [0.15, 0.2) is 41.1 Å². The lowest BCUT2D eigenvalue weighted by molar-refractivity contribution is -0.00546. The van der Waals surface area contributed by atoms with Crippen molar-refractivity contribution in [2.75, 3.05) is 18.0 Å².